The second-order valence-electron chi connectivity index (χ2n) is 5.66. The summed E-state index contributed by atoms with van der Waals surface area (Å²) in [5, 5.41) is 3.50. The average Bonchev–Trinajstić information content (AvgIpc) is 2.97. The lowest BCUT2D eigenvalue weighted by molar-refractivity contribution is -0.149. The van der Waals surface area contributed by atoms with Crippen molar-refractivity contribution in [2.45, 2.75) is 49.3 Å². The van der Waals surface area contributed by atoms with Gasteiger partial charge in [0.2, 0.25) is 11.8 Å². The molecule has 2 amide bonds. The normalized spacial score (nSPS) is 31.1. The van der Waals surface area contributed by atoms with Crippen LogP contribution in [0.15, 0.2) is 0 Å². The minimum absolute atomic E-state index is 0.0273. The van der Waals surface area contributed by atoms with E-state index in [0.717, 1.165) is 32.2 Å². The molecule has 0 bridgehead atoms. The first-order valence-electron chi connectivity index (χ1n) is 6.92. The van der Waals surface area contributed by atoms with Crippen molar-refractivity contribution >= 4 is 23.6 Å². The summed E-state index contributed by atoms with van der Waals surface area (Å²) < 4.78 is 0. The van der Waals surface area contributed by atoms with Gasteiger partial charge in [0.1, 0.15) is 5.54 Å². The SMILES string of the molecule is O=C1CN(CC2CCCS2)C(=O)C2(CCCC2)N1. The predicted molar refractivity (Wildman–Crippen MR) is 71.4 cm³/mol. The van der Waals surface area contributed by atoms with Crippen molar-refractivity contribution in [1.29, 1.82) is 0 Å². The van der Waals surface area contributed by atoms with Crippen LogP contribution in [0.1, 0.15) is 38.5 Å². The highest BCUT2D eigenvalue weighted by Gasteiger charge is 2.48. The fourth-order valence-electron chi connectivity index (χ4n) is 3.41. The van der Waals surface area contributed by atoms with Crippen molar-refractivity contribution < 1.29 is 9.59 Å². The standard InChI is InChI=1S/C13H20N2O2S/c16-11-9-15(8-10-4-3-7-18-10)12(17)13(14-11)5-1-2-6-13/h10H,1-9H2,(H,14,16). The zero-order valence-electron chi connectivity index (χ0n) is 10.6. The van der Waals surface area contributed by atoms with Crippen LogP contribution >= 0.6 is 11.8 Å². The van der Waals surface area contributed by atoms with Crippen LogP contribution in [0, 0.1) is 0 Å². The third-order valence-electron chi connectivity index (χ3n) is 4.31. The van der Waals surface area contributed by atoms with Crippen LogP contribution in [0.3, 0.4) is 0 Å². The van der Waals surface area contributed by atoms with Gasteiger partial charge in [0.25, 0.3) is 0 Å². The van der Waals surface area contributed by atoms with Crippen molar-refractivity contribution in [3.63, 3.8) is 0 Å². The lowest BCUT2D eigenvalue weighted by Gasteiger charge is -2.40. The van der Waals surface area contributed by atoms with Crippen LogP contribution in [0.5, 0.6) is 0 Å². The van der Waals surface area contributed by atoms with E-state index in [9.17, 15) is 9.59 Å². The molecule has 0 aromatic heterocycles. The van der Waals surface area contributed by atoms with E-state index >= 15 is 0 Å². The molecule has 3 rings (SSSR count). The summed E-state index contributed by atoms with van der Waals surface area (Å²) in [7, 11) is 0. The number of amides is 2. The lowest BCUT2D eigenvalue weighted by Crippen LogP contribution is -2.66. The Labute approximate surface area is 112 Å². The van der Waals surface area contributed by atoms with Crippen LogP contribution in [0.4, 0.5) is 0 Å². The van der Waals surface area contributed by atoms with Gasteiger partial charge in [-0.25, -0.2) is 0 Å². The van der Waals surface area contributed by atoms with Gasteiger partial charge in [-0.2, -0.15) is 11.8 Å². The Morgan fingerprint density at radius 1 is 1.28 bits per heavy atom. The summed E-state index contributed by atoms with van der Waals surface area (Å²) in [5.41, 5.74) is -0.543. The largest absolute Gasteiger partial charge is 0.340 e. The number of nitrogens with one attached hydrogen (secondary N) is 1. The van der Waals surface area contributed by atoms with E-state index in [-0.39, 0.29) is 18.4 Å². The molecule has 0 aromatic carbocycles. The Hall–Kier alpha value is -0.710. The highest BCUT2D eigenvalue weighted by Crippen LogP contribution is 2.34. The number of carbonyl (C=O) groups excluding carboxylic acids is 2. The molecular formula is C13H20N2O2S. The van der Waals surface area contributed by atoms with Gasteiger partial charge in [0, 0.05) is 11.8 Å². The summed E-state index contributed by atoms with van der Waals surface area (Å²) >= 11 is 1.94. The Bertz CT molecular complexity index is 360. The Kier molecular flexibility index (Phi) is 3.26. The molecule has 4 nitrogen and oxygen atoms in total. The molecule has 0 aromatic rings. The number of nitrogens with zero attached hydrogens (tertiary/aromatic N) is 1. The quantitative estimate of drug-likeness (QED) is 0.817. The monoisotopic (exact) mass is 268 g/mol. The predicted octanol–water partition coefficient (Wildman–Crippen LogP) is 1.15. The Morgan fingerprint density at radius 2 is 2.06 bits per heavy atom. The molecule has 1 atom stereocenters. The first-order chi connectivity index (χ1) is 8.70. The maximum atomic E-state index is 12.6. The van der Waals surface area contributed by atoms with Gasteiger partial charge in [-0.15, -0.1) is 0 Å². The molecule has 1 aliphatic carbocycles. The molecule has 2 heterocycles. The molecule has 2 aliphatic heterocycles. The average molecular weight is 268 g/mol. The summed E-state index contributed by atoms with van der Waals surface area (Å²) in [6, 6.07) is 0. The van der Waals surface area contributed by atoms with Gasteiger partial charge >= 0.3 is 0 Å². The smallest absolute Gasteiger partial charge is 0.248 e. The van der Waals surface area contributed by atoms with Crippen LogP contribution in [-0.2, 0) is 9.59 Å². The first kappa shape index (κ1) is 12.3. The molecule has 1 unspecified atom stereocenters. The zero-order chi connectivity index (χ0) is 12.6. The molecule has 3 aliphatic rings. The maximum absolute atomic E-state index is 12.6. The molecule has 3 fully saturated rings. The van der Waals surface area contributed by atoms with E-state index in [1.165, 1.54) is 18.6 Å². The highest BCUT2D eigenvalue weighted by atomic mass is 32.2. The van der Waals surface area contributed by atoms with Gasteiger partial charge in [-0.05, 0) is 31.4 Å². The molecule has 1 spiro atoms. The summed E-state index contributed by atoms with van der Waals surface area (Å²) in [6.07, 6.45) is 6.19. The van der Waals surface area contributed by atoms with Crippen molar-refractivity contribution in [2.75, 3.05) is 18.8 Å². The van der Waals surface area contributed by atoms with Crippen molar-refractivity contribution in [3.05, 3.63) is 0 Å². The molecule has 18 heavy (non-hydrogen) atoms. The third-order valence-corrected chi connectivity index (χ3v) is 5.70. The number of hydrogen-bond donors (Lipinski definition) is 1. The second-order valence-corrected chi connectivity index (χ2v) is 7.07. The number of carbonyl (C=O) groups is 2. The maximum Gasteiger partial charge on any atom is 0.248 e. The van der Waals surface area contributed by atoms with Gasteiger partial charge in [-0.3, -0.25) is 9.59 Å². The topological polar surface area (TPSA) is 49.4 Å². The molecule has 100 valence electrons. The van der Waals surface area contributed by atoms with Crippen LogP contribution in [0.2, 0.25) is 0 Å². The van der Waals surface area contributed by atoms with E-state index in [1.54, 1.807) is 0 Å². The van der Waals surface area contributed by atoms with Crippen LogP contribution in [0.25, 0.3) is 0 Å². The molecule has 1 N–H and O–H groups in total. The first-order valence-corrected chi connectivity index (χ1v) is 7.96. The Morgan fingerprint density at radius 3 is 2.72 bits per heavy atom. The minimum atomic E-state index is -0.543. The lowest BCUT2D eigenvalue weighted by atomic mass is 9.93. The van der Waals surface area contributed by atoms with Gasteiger partial charge in [0.05, 0.1) is 6.54 Å². The highest BCUT2D eigenvalue weighted by molar-refractivity contribution is 8.00. The summed E-state index contributed by atoms with van der Waals surface area (Å²) in [4.78, 5) is 26.2. The van der Waals surface area contributed by atoms with Crippen LogP contribution in [-0.4, -0.2) is 46.3 Å². The number of piperazine rings is 1. The Balaban J connectivity index is 1.72. The molecule has 2 saturated heterocycles. The van der Waals surface area contributed by atoms with Crippen molar-refractivity contribution in [1.82, 2.24) is 10.2 Å². The van der Waals surface area contributed by atoms with E-state index in [0.29, 0.717) is 5.25 Å². The van der Waals surface area contributed by atoms with Crippen LogP contribution < -0.4 is 5.32 Å². The van der Waals surface area contributed by atoms with E-state index < -0.39 is 5.54 Å². The van der Waals surface area contributed by atoms with Gasteiger partial charge in [0.15, 0.2) is 0 Å². The van der Waals surface area contributed by atoms with E-state index in [1.807, 2.05) is 16.7 Å². The summed E-state index contributed by atoms with van der Waals surface area (Å²) in [6.45, 7) is 1.02. The van der Waals surface area contributed by atoms with Gasteiger partial charge < -0.3 is 10.2 Å². The fraction of sp³-hybridized carbons (Fsp3) is 0.846. The zero-order valence-corrected chi connectivity index (χ0v) is 11.4. The number of rotatable bonds is 2. The molecule has 0 radical (unpaired) electrons. The summed E-state index contributed by atoms with van der Waals surface area (Å²) in [5.74, 6) is 1.40. The second kappa shape index (κ2) is 4.76. The van der Waals surface area contributed by atoms with E-state index in [4.69, 9.17) is 0 Å². The third kappa shape index (κ3) is 2.13. The number of thioether (sulfide) groups is 1. The molecule has 1 saturated carbocycles. The fourth-order valence-corrected chi connectivity index (χ4v) is 4.69. The molecular weight excluding hydrogens is 248 g/mol. The number of hydrogen-bond acceptors (Lipinski definition) is 3. The minimum Gasteiger partial charge on any atom is -0.340 e. The van der Waals surface area contributed by atoms with Crippen molar-refractivity contribution in [3.8, 4) is 0 Å². The van der Waals surface area contributed by atoms with Gasteiger partial charge in [-0.1, -0.05) is 12.8 Å². The van der Waals surface area contributed by atoms with E-state index in [2.05, 4.69) is 5.32 Å². The molecule has 5 heteroatoms. The van der Waals surface area contributed by atoms with Crippen molar-refractivity contribution in [2.24, 2.45) is 0 Å².